The molecule has 0 aliphatic carbocycles. The lowest BCUT2D eigenvalue weighted by Crippen LogP contribution is -2.44. The van der Waals surface area contributed by atoms with E-state index in [2.05, 4.69) is 9.97 Å². The highest BCUT2D eigenvalue weighted by molar-refractivity contribution is 7.89. The zero-order valence-corrected chi connectivity index (χ0v) is 13.1. The van der Waals surface area contributed by atoms with Crippen LogP contribution in [0.1, 0.15) is 12.8 Å². The van der Waals surface area contributed by atoms with Gasteiger partial charge in [0.05, 0.1) is 12.9 Å². The molecule has 0 aromatic carbocycles. The van der Waals surface area contributed by atoms with Crippen molar-refractivity contribution in [2.24, 2.45) is 7.05 Å². The summed E-state index contributed by atoms with van der Waals surface area (Å²) < 4.78 is 34.1. The van der Waals surface area contributed by atoms with Crippen molar-refractivity contribution in [3.05, 3.63) is 37.1 Å². The third-order valence-electron chi connectivity index (χ3n) is 3.58. The Kier molecular flexibility index (Phi) is 4.12. The summed E-state index contributed by atoms with van der Waals surface area (Å²) in [6, 6.07) is 3.54. The maximum absolute atomic E-state index is 12.6. The molecule has 7 nitrogen and oxygen atoms in total. The molecule has 118 valence electrons. The van der Waals surface area contributed by atoms with E-state index in [1.807, 2.05) is 0 Å². The number of sulfonamides is 1. The monoisotopic (exact) mass is 322 g/mol. The third-order valence-corrected chi connectivity index (χ3v) is 5.33. The third kappa shape index (κ3) is 3.12. The summed E-state index contributed by atoms with van der Waals surface area (Å²) in [6.07, 6.45) is 7.75. The molecular weight excluding hydrogens is 304 g/mol. The van der Waals surface area contributed by atoms with E-state index in [-0.39, 0.29) is 11.1 Å². The topological polar surface area (TPSA) is 77.3 Å². The Bertz CT molecular complexity index is 730. The summed E-state index contributed by atoms with van der Waals surface area (Å²) in [4.78, 5) is 7.89. The van der Waals surface area contributed by atoms with Gasteiger partial charge in [-0.1, -0.05) is 0 Å². The molecule has 0 N–H and O–H groups in total. The van der Waals surface area contributed by atoms with Crippen LogP contribution in [-0.2, 0) is 17.1 Å². The predicted octanol–water partition coefficient (Wildman–Crippen LogP) is 1.05. The van der Waals surface area contributed by atoms with E-state index < -0.39 is 10.0 Å². The minimum Gasteiger partial charge on any atom is -0.489 e. The Morgan fingerprint density at radius 1 is 1.32 bits per heavy atom. The summed E-state index contributed by atoms with van der Waals surface area (Å²) in [5.74, 6) is 0.706. The maximum Gasteiger partial charge on any atom is 0.262 e. The van der Waals surface area contributed by atoms with Crippen LogP contribution in [0.3, 0.4) is 0 Å². The van der Waals surface area contributed by atoms with Crippen molar-refractivity contribution in [1.29, 1.82) is 0 Å². The number of ether oxygens (including phenoxy) is 1. The first-order valence-corrected chi connectivity index (χ1v) is 8.54. The van der Waals surface area contributed by atoms with Crippen molar-refractivity contribution < 1.29 is 13.2 Å². The summed E-state index contributed by atoms with van der Waals surface area (Å²) in [5.41, 5.74) is 0. The van der Waals surface area contributed by atoms with Crippen molar-refractivity contribution in [1.82, 2.24) is 18.8 Å². The fraction of sp³-hybridized carbons (Fsp3) is 0.429. The summed E-state index contributed by atoms with van der Waals surface area (Å²) in [6.45, 7) is 0.830. The molecule has 8 heteroatoms. The molecule has 1 aliphatic heterocycles. The van der Waals surface area contributed by atoms with E-state index >= 15 is 0 Å². The number of rotatable bonds is 4. The number of nitrogens with zero attached hydrogens (tertiary/aromatic N) is 4. The normalized spacial score (nSPS) is 20.0. The quantitative estimate of drug-likeness (QED) is 0.841. The molecular formula is C14H18N4O3S. The van der Waals surface area contributed by atoms with Crippen LogP contribution in [0.5, 0.6) is 5.75 Å². The summed E-state index contributed by atoms with van der Waals surface area (Å²) in [7, 11) is -1.81. The second-order valence-corrected chi connectivity index (χ2v) is 7.19. The SMILES string of the molecule is Cn1cnc(S(=O)(=O)N2CCC[C@@H](Oc3ccncc3)C2)c1. The molecule has 22 heavy (non-hydrogen) atoms. The molecule has 1 saturated heterocycles. The second-order valence-electron chi connectivity index (χ2n) is 5.31. The molecule has 3 rings (SSSR count). The molecule has 2 aromatic heterocycles. The number of aryl methyl sites for hydroxylation is 1. The van der Waals surface area contributed by atoms with Crippen LogP contribution in [0, 0.1) is 0 Å². The number of pyridine rings is 1. The van der Waals surface area contributed by atoms with Gasteiger partial charge in [-0.3, -0.25) is 4.98 Å². The smallest absolute Gasteiger partial charge is 0.262 e. The zero-order valence-electron chi connectivity index (χ0n) is 12.3. The lowest BCUT2D eigenvalue weighted by Gasteiger charge is -2.31. The summed E-state index contributed by atoms with van der Waals surface area (Å²) >= 11 is 0. The Morgan fingerprint density at radius 2 is 2.09 bits per heavy atom. The number of aromatic nitrogens is 3. The van der Waals surface area contributed by atoms with Gasteiger partial charge >= 0.3 is 0 Å². The van der Waals surface area contributed by atoms with Crippen molar-refractivity contribution >= 4 is 10.0 Å². The minimum absolute atomic E-state index is 0.0829. The van der Waals surface area contributed by atoms with Crippen LogP contribution in [0.4, 0.5) is 0 Å². The van der Waals surface area contributed by atoms with Gasteiger partial charge in [0.25, 0.3) is 10.0 Å². The first kappa shape index (κ1) is 15.0. The first-order valence-electron chi connectivity index (χ1n) is 7.10. The van der Waals surface area contributed by atoms with Crippen LogP contribution < -0.4 is 4.74 Å². The zero-order chi connectivity index (χ0) is 15.6. The van der Waals surface area contributed by atoms with Gasteiger partial charge in [0.2, 0.25) is 0 Å². The molecule has 1 aliphatic rings. The van der Waals surface area contributed by atoms with Gasteiger partial charge in [-0.15, -0.1) is 0 Å². The minimum atomic E-state index is -3.56. The number of imidazole rings is 1. The van der Waals surface area contributed by atoms with Crippen molar-refractivity contribution in [3.63, 3.8) is 0 Å². The van der Waals surface area contributed by atoms with Crippen LogP contribution in [0.25, 0.3) is 0 Å². The molecule has 2 aromatic rings. The van der Waals surface area contributed by atoms with Crippen LogP contribution in [0.15, 0.2) is 42.1 Å². The molecule has 0 spiro atoms. The van der Waals surface area contributed by atoms with Gasteiger partial charge < -0.3 is 9.30 Å². The standard InChI is InChI=1S/C14H18N4O3S/c1-17-10-14(16-11-17)22(19,20)18-8-2-3-13(9-18)21-12-4-6-15-7-5-12/h4-7,10-11,13H,2-3,8-9H2,1H3/t13-/m1/s1. The van der Waals surface area contributed by atoms with Crippen LogP contribution in [-0.4, -0.2) is 46.5 Å². The Morgan fingerprint density at radius 3 is 2.77 bits per heavy atom. The summed E-state index contributed by atoms with van der Waals surface area (Å²) in [5, 5.41) is 0.0829. The van der Waals surface area contributed by atoms with E-state index in [0.29, 0.717) is 18.8 Å². The molecule has 0 saturated carbocycles. The highest BCUT2D eigenvalue weighted by atomic mass is 32.2. The van der Waals surface area contributed by atoms with Gasteiger partial charge in [-0.25, -0.2) is 13.4 Å². The molecule has 0 amide bonds. The van der Waals surface area contributed by atoms with Crippen molar-refractivity contribution in [3.8, 4) is 5.75 Å². The highest BCUT2D eigenvalue weighted by Gasteiger charge is 2.32. The van der Waals surface area contributed by atoms with Gasteiger partial charge in [0.1, 0.15) is 11.9 Å². The van der Waals surface area contributed by atoms with Gasteiger partial charge in [-0.2, -0.15) is 4.31 Å². The molecule has 0 radical (unpaired) electrons. The predicted molar refractivity (Wildman–Crippen MR) is 79.9 cm³/mol. The number of piperidine rings is 1. The van der Waals surface area contributed by atoms with Gasteiger partial charge in [-0.05, 0) is 25.0 Å². The largest absolute Gasteiger partial charge is 0.489 e. The van der Waals surface area contributed by atoms with Crippen molar-refractivity contribution in [2.75, 3.05) is 13.1 Å². The molecule has 1 fully saturated rings. The average Bonchev–Trinajstić information content (AvgIpc) is 2.96. The van der Waals surface area contributed by atoms with Crippen LogP contribution in [0.2, 0.25) is 0 Å². The fourth-order valence-electron chi connectivity index (χ4n) is 2.48. The van der Waals surface area contributed by atoms with E-state index in [1.54, 1.807) is 36.1 Å². The second kappa shape index (κ2) is 6.05. The Balaban J connectivity index is 1.73. The molecule has 1 atom stereocenters. The van der Waals surface area contributed by atoms with Crippen molar-refractivity contribution in [2.45, 2.75) is 24.0 Å². The number of hydrogen-bond acceptors (Lipinski definition) is 5. The van der Waals surface area contributed by atoms with Crippen LogP contribution >= 0.6 is 0 Å². The van der Waals surface area contributed by atoms with Gasteiger partial charge in [0, 0.05) is 32.2 Å². The fourth-order valence-corrected chi connectivity index (χ4v) is 3.96. The van der Waals surface area contributed by atoms with E-state index in [1.165, 1.54) is 16.8 Å². The van der Waals surface area contributed by atoms with E-state index in [9.17, 15) is 8.42 Å². The lowest BCUT2D eigenvalue weighted by molar-refractivity contribution is 0.129. The molecule has 0 unspecified atom stereocenters. The first-order chi connectivity index (χ1) is 10.6. The van der Waals surface area contributed by atoms with E-state index in [4.69, 9.17) is 4.74 Å². The number of hydrogen-bond donors (Lipinski definition) is 0. The molecule has 3 heterocycles. The van der Waals surface area contributed by atoms with Gasteiger partial charge in [0.15, 0.2) is 5.03 Å². The highest BCUT2D eigenvalue weighted by Crippen LogP contribution is 2.22. The average molecular weight is 322 g/mol. The Hall–Kier alpha value is -1.93. The maximum atomic E-state index is 12.6. The lowest BCUT2D eigenvalue weighted by atomic mass is 10.1. The Labute approximate surface area is 129 Å². The molecule has 0 bridgehead atoms. The van der Waals surface area contributed by atoms with E-state index in [0.717, 1.165) is 12.8 Å².